The molecule has 0 aromatic rings. The number of piperidine rings is 1. The van der Waals surface area contributed by atoms with Gasteiger partial charge in [-0.2, -0.15) is 0 Å². The summed E-state index contributed by atoms with van der Waals surface area (Å²) in [5.41, 5.74) is 5.51. The number of nitrogens with two attached hydrogens (primary N) is 1. The molecule has 1 rings (SSSR count). The van der Waals surface area contributed by atoms with Crippen LogP contribution in [0.25, 0.3) is 0 Å². The van der Waals surface area contributed by atoms with E-state index in [0.717, 1.165) is 32.5 Å². The van der Waals surface area contributed by atoms with Gasteiger partial charge in [-0.3, -0.25) is 0 Å². The molecule has 0 saturated carbocycles. The summed E-state index contributed by atoms with van der Waals surface area (Å²) < 4.78 is 0. The van der Waals surface area contributed by atoms with Crippen molar-refractivity contribution >= 4 is 6.09 Å². The van der Waals surface area contributed by atoms with E-state index in [2.05, 4.69) is 31.0 Å². The fourth-order valence-electron chi connectivity index (χ4n) is 2.87. The Morgan fingerprint density at radius 2 is 2.00 bits per heavy atom. The molecule has 1 atom stereocenters. The van der Waals surface area contributed by atoms with Crippen LogP contribution in [-0.4, -0.2) is 48.3 Å². The predicted octanol–water partition coefficient (Wildman–Crippen LogP) is 1.34. The van der Waals surface area contributed by atoms with Crippen molar-refractivity contribution in [1.29, 1.82) is 0 Å². The van der Waals surface area contributed by atoms with E-state index in [1.54, 1.807) is 0 Å². The lowest BCUT2D eigenvalue weighted by molar-refractivity contribution is 0.106. The van der Waals surface area contributed by atoms with Crippen LogP contribution in [0.3, 0.4) is 0 Å². The van der Waals surface area contributed by atoms with Crippen LogP contribution in [0.1, 0.15) is 33.6 Å². The van der Waals surface area contributed by atoms with Crippen LogP contribution in [0.5, 0.6) is 0 Å². The molecule has 0 radical (unpaired) electrons. The van der Waals surface area contributed by atoms with E-state index < -0.39 is 6.09 Å². The smallest absolute Gasteiger partial charge is 0.404 e. The molecule has 0 aromatic carbocycles. The molecule has 1 unspecified atom stereocenters. The van der Waals surface area contributed by atoms with Gasteiger partial charge in [0.2, 0.25) is 0 Å². The Morgan fingerprint density at radius 1 is 1.44 bits per heavy atom. The summed E-state index contributed by atoms with van der Waals surface area (Å²) in [5, 5.41) is 11.7. The third-order valence-corrected chi connectivity index (χ3v) is 3.76. The molecular formula is C13H27N3O2. The number of carbonyl (C=O) groups is 1. The lowest BCUT2D eigenvalue weighted by Crippen LogP contribution is -2.51. The zero-order valence-electron chi connectivity index (χ0n) is 11.8. The van der Waals surface area contributed by atoms with Crippen LogP contribution in [0.15, 0.2) is 0 Å². The maximum absolute atomic E-state index is 10.9. The molecule has 1 saturated heterocycles. The molecule has 5 nitrogen and oxygen atoms in total. The first kappa shape index (κ1) is 15.2. The van der Waals surface area contributed by atoms with Crippen molar-refractivity contribution in [2.24, 2.45) is 17.1 Å². The lowest BCUT2D eigenvalue weighted by atomic mass is 9.75. The highest BCUT2D eigenvalue weighted by Gasteiger charge is 2.35. The van der Waals surface area contributed by atoms with Gasteiger partial charge in [-0.15, -0.1) is 0 Å². The molecule has 0 aliphatic carbocycles. The van der Waals surface area contributed by atoms with Crippen molar-refractivity contribution < 1.29 is 9.90 Å². The molecule has 18 heavy (non-hydrogen) atoms. The van der Waals surface area contributed by atoms with E-state index in [4.69, 9.17) is 10.8 Å². The highest BCUT2D eigenvalue weighted by atomic mass is 16.4. The minimum atomic E-state index is -0.917. The van der Waals surface area contributed by atoms with E-state index >= 15 is 0 Å². The Hall–Kier alpha value is -0.810. The van der Waals surface area contributed by atoms with Crippen LogP contribution in [-0.2, 0) is 0 Å². The molecule has 1 aliphatic heterocycles. The first-order valence-electron chi connectivity index (χ1n) is 6.76. The molecule has 1 heterocycles. The van der Waals surface area contributed by atoms with Crippen molar-refractivity contribution in [3.8, 4) is 0 Å². The van der Waals surface area contributed by atoms with Crippen LogP contribution in [0.2, 0.25) is 0 Å². The van der Waals surface area contributed by atoms with Crippen LogP contribution in [0, 0.1) is 11.3 Å². The van der Waals surface area contributed by atoms with Gasteiger partial charge < -0.3 is 21.1 Å². The number of likely N-dealkylation sites (tertiary alicyclic amines) is 1. The summed E-state index contributed by atoms with van der Waals surface area (Å²) in [4.78, 5) is 13.3. The Kier molecular flexibility index (Phi) is 5.41. The molecule has 0 spiro atoms. The number of hydrogen-bond acceptors (Lipinski definition) is 3. The maximum atomic E-state index is 10.9. The summed E-state index contributed by atoms with van der Waals surface area (Å²) in [6, 6.07) is 0.0232. The highest BCUT2D eigenvalue weighted by Crippen LogP contribution is 2.31. The third kappa shape index (κ3) is 4.46. The van der Waals surface area contributed by atoms with Gasteiger partial charge in [0.05, 0.1) is 0 Å². The van der Waals surface area contributed by atoms with Crippen molar-refractivity contribution in [1.82, 2.24) is 10.2 Å². The normalized spacial score (nSPS) is 20.7. The molecular weight excluding hydrogens is 230 g/mol. The van der Waals surface area contributed by atoms with E-state index in [9.17, 15) is 4.79 Å². The van der Waals surface area contributed by atoms with Gasteiger partial charge in [-0.1, -0.05) is 20.8 Å². The van der Waals surface area contributed by atoms with Crippen molar-refractivity contribution in [2.45, 2.75) is 39.7 Å². The molecule has 1 aliphatic rings. The van der Waals surface area contributed by atoms with E-state index in [0.29, 0.717) is 12.5 Å². The van der Waals surface area contributed by atoms with Gasteiger partial charge in [-0.05, 0) is 37.3 Å². The summed E-state index contributed by atoms with van der Waals surface area (Å²) in [6.07, 6.45) is 1.17. The predicted molar refractivity (Wildman–Crippen MR) is 72.6 cm³/mol. The Labute approximate surface area is 110 Å². The number of amides is 1. The summed E-state index contributed by atoms with van der Waals surface area (Å²) >= 11 is 0. The first-order valence-corrected chi connectivity index (χ1v) is 6.76. The largest absolute Gasteiger partial charge is 0.465 e. The Bertz CT molecular complexity index is 268. The Balaban J connectivity index is 2.58. The number of nitrogens with one attached hydrogen (secondary N) is 1. The van der Waals surface area contributed by atoms with Crippen molar-refractivity contribution in [3.63, 3.8) is 0 Å². The highest BCUT2D eigenvalue weighted by molar-refractivity contribution is 5.65. The van der Waals surface area contributed by atoms with Gasteiger partial charge in [0.25, 0.3) is 0 Å². The fraction of sp³-hybridized carbons (Fsp3) is 0.923. The fourth-order valence-corrected chi connectivity index (χ4v) is 2.87. The summed E-state index contributed by atoms with van der Waals surface area (Å²) in [6.45, 7) is 9.98. The minimum absolute atomic E-state index is 0.0232. The van der Waals surface area contributed by atoms with Crippen LogP contribution < -0.4 is 11.1 Å². The first-order chi connectivity index (χ1) is 8.34. The van der Waals surface area contributed by atoms with Gasteiger partial charge in [0, 0.05) is 19.1 Å². The minimum Gasteiger partial charge on any atom is -0.465 e. The molecule has 1 fully saturated rings. The molecule has 4 N–H and O–H groups in total. The average Bonchev–Trinajstić information content (AvgIpc) is 2.26. The SMILES string of the molecule is CC(C)(C)C(NC(=O)O)C1CCN(CCN)CC1. The molecule has 106 valence electrons. The quantitative estimate of drug-likeness (QED) is 0.710. The van der Waals surface area contributed by atoms with Gasteiger partial charge in [0.1, 0.15) is 0 Å². The second-order valence-electron chi connectivity index (χ2n) is 6.26. The van der Waals surface area contributed by atoms with Gasteiger partial charge >= 0.3 is 6.09 Å². The second-order valence-corrected chi connectivity index (χ2v) is 6.26. The van der Waals surface area contributed by atoms with Gasteiger partial charge in [-0.25, -0.2) is 4.79 Å². The van der Waals surface area contributed by atoms with Gasteiger partial charge in [0.15, 0.2) is 0 Å². The summed E-state index contributed by atoms with van der Waals surface area (Å²) in [5.74, 6) is 0.426. The number of hydrogen-bond donors (Lipinski definition) is 3. The van der Waals surface area contributed by atoms with Crippen LogP contribution in [0.4, 0.5) is 4.79 Å². The third-order valence-electron chi connectivity index (χ3n) is 3.76. The Morgan fingerprint density at radius 3 is 2.39 bits per heavy atom. The average molecular weight is 257 g/mol. The van der Waals surface area contributed by atoms with Crippen molar-refractivity contribution in [2.75, 3.05) is 26.2 Å². The van der Waals surface area contributed by atoms with Crippen molar-refractivity contribution in [3.05, 3.63) is 0 Å². The monoisotopic (exact) mass is 257 g/mol. The van der Waals surface area contributed by atoms with Crippen LogP contribution >= 0.6 is 0 Å². The summed E-state index contributed by atoms with van der Waals surface area (Å²) in [7, 11) is 0. The maximum Gasteiger partial charge on any atom is 0.404 e. The number of carboxylic acid groups (broad SMARTS) is 1. The van der Waals surface area contributed by atoms with E-state index in [1.165, 1.54) is 0 Å². The molecule has 1 amide bonds. The number of nitrogens with zero attached hydrogens (tertiary/aromatic N) is 1. The zero-order valence-corrected chi connectivity index (χ0v) is 11.8. The second kappa shape index (κ2) is 6.38. The number of rotatable bonds is 4. The molecule has 0 aromatic heterocycles. The van der Waals surface area contributed by atoms with E-state index in [-0.39, 0.29) is 11.5 Å². The zero-order chi connectivity index (χ0) is 13.8. The molecule has 5 heteroatoms. The van der Waals surface area contributed by atoms with E-state index in [1.807, 2.05) is 0 Å². The lowest BCUT2D eigenvalue weighted by Gasteiger charge is -2.41. The topological polar surface area (TPSA) is 78.6 Å². The molecule has 0 bridgehead atoms. The standard InChI is InChI=1S/C13H27N3O2/c1-13(2,3)11(15-12(17)18)10-4-7-16(8-5-10)9-6-14/h10-11,15H,4-9,14H2,1-3H3,(H,17,18).